The van der Waals surface area contributed by atoms with Crippen LogP contribution in [0.15, 0.2) is 24.3 Å². The summed E-state index contributed by atoms with van der Waals surface area (Å²) in [6.07, 6.45) is 5.17. The molecular weight excluding hydrogens is 310 g/mol. The molecule has 1 amide bonds. The highest BCUT2D eigenvalue weighted by molar-refractivity contribution is 5.85. The van der Waals surface area contributed by atoms with Crippen molar-refractivity contribution in [3.8, 4) is 0 Å². The molecule has 23 heavy (non-hydrogen) atoms. The van der Waals surface area contributed by atoms with Crippen LogP contribution < -0.4 is 11.1 Å². The zero-order valence-electron chi connectivity index (χ0n) is 14.1. The Balaban J connectivity index is 0.00000264. The average Bonchev–Trinajstić information content (AvgIpc) is 2.55. The number of hydrogen-bond acceptors (Lipinski definition) is 3. The first-order valence-electron chi connectivity index (χ1n) is 8.51. The number of amides is 1. The lowest BCUT2D eigenvalue weighted by atomic mass is 10.0. The van der Waals surface area contributed by atoms with E-state index in [1.54, 1.807) is 0 Å². The molecule has 0 bridgehead atoms. The number of nitrogens with two attached hydrogens (primary N) is 1. The molecule has 0 aliphatic carbocycles. The number of nitrogens with one attached hydrogen (secondary N) is 1. The number of halogens is 1. The molecule has 1 aromatic rings. The molecule has 0 radical (unpaired) electrons. The summed E-state index contributed by atoms with van der Waals surface area (Å²) in [7, 11) is 0. The predicted molar refractivity (Wildman–Crippen MR) is 97.8 cm³/mol. The van der Waals surface area contributed by atoms with Gasteiger partial charge in [0.1, 0.15) is 0 Å². The van der Waals surface area contributed by atoms with Gasteiger partial charge < -0.3 is 11.1 Å². The van der Waals surface area contributed by atoms with E-state index in [0.29, 0.717) is 19.0 Å². The minimum Gasteiger partial charge on any atom is -0.354 e. The van der Waals surface area contributed by atoms with Gasteiger partial charge in [-0.25, -0.2) is 0 Å². The van der Waals surface area contributed by atoms with Gasteiger partial charge in [0.25, 0.3) is 0 Å². The molecule has 3 N–H and O–H groups in total. The van der Waals surface area contributed by atoms with E-state index in [1.165, 1.54) is 24.0 Å². The molecule has 1 heterocycles. The molecular formula is C18H30ClN3O. The number of piperidine rings is 1. The molecule has 1 saturated heterocycles. The van der Waals surface area contributed by atoms with Gasteiger partial charge in [0.15, 0.2) is 0 Å². The van der Waals surface area contributed by atoms with Crippen molar-refractivity contribution in [2.75, 3.05) is 19.6 Å². The van der Waals surface area contributed by atoms with Crippen LogP contribution in [0.3, 0.4) is 0 Å². The van der Waals surface area contributed by atoms with Crippen molar-refractivity contribution in [2.24, 2.45) is 5.73 Å². The van der Waals surface area contributed by atoms with Crippen LogP contribution in [0.2, 0.25) is 0 Å². The maximum absolute atomic E-state index is 11.6. The average molecular weight is 340 g/mol. The minimum absolute atomic E-state index is 0. The summed E-state index contributed by atoms with van der Waals surface area (Å²) in [5, 5.41) is 3.03. The molecule has 5 heteroatoms. The van der Waals surface area contributed by atoms with Crippen molar-refractivity contribution in [2.45, 2.75) is 51.6 Å². The second kappa shape index (κ2) is 10.6. The molecule has 2 rings (SSSR count). The Labute approximate surface area is 146 Å². The molecule has 1 unspecified atom stereocenters. The summed E-state index contributed by atoms with van der Waals surface area (Å²) in [4.78, 5) is 14.1. The van der Waals surface area contributed by atoms with Crippen molar-refractivity contribution < 1.29 is 4.79 Å². The van der Waals surface area contributed by atoms with E-state index >= 15 is 0 Å². The third kappa shape index (κ3) is 6.50. The van der Waals surface area contributed by atoms with E-state index in [0.717, 1.165) is 32.5 Å². The van der Waals surface area contributed by atoms with Gasteiger partial charge in [-0.05, 0) is 36.9 Å². The number of carbonyl (C=O) groups excluding carboxylic acids is 1. The van der Waals surface area contributed by atoms with Gasteiger partial charge in [0.2, 0.25) is 5.91 Å². The second-order valence-electron chi connectivity index (χ2n) is 6.13. The number of hydrogen-bond donors (Lipinski definition) is 2. The van der Waals surface area contributed by atoms with Crippen LogP contribution in [0.1, 0.15) is 43.7 Å². The minimum atomic E-state index is 0. The number of rotatable bonds is 7. The van der Waals surface area contributed by atoms with Gasteiger partial charge >= 0.3 is 0 Å². The van der Waals surface area contributed by atoms with Crippen molar-refractivity contribution in [1.82, 2.24) is 10.2 Å². The fraction of sp³-hybridized carbons (Fsp3) is 0.611. The predicted octanol–water partition coefficient (Wildman–Crippen LogP) is 2.49. The van der Waals surface area contributed by atoms with Gasteiger partial charge in [-0.1, -0.05) is 37.6 Å². The van der Waals surface area contributed by atoms with Gasteiger partial charge in [-0.2, -0.15) is 0 Å². The van der Waals surface area contributed by atoms with Gasteiger partial charge in [0.05, 0.1) is 0 Å². The summed E-state index contributed by atoms with van der Waals surface area (Å²) >= 11 is 0. The van der Waals surface area contributed by atoms with E-state index in [4.69, 9.17) is 5.73 Å². The Morgan fingerprint density at radius 3 is 2.61 bits per heavy atom. The molecule has 1 aliphatic heterocycles. The molecule has 130 valence electrons. The summed E-state index contributed by atoms with van der Waals surface area (Å²) in [6.45, 7) is 5.43. The van der Waals surface area contributed by atoms with Crippen LogP contribution in [0, 0.1) is 0 Å². The number of nitrogens with zero attached hydrogens (tertiary/aromatic N) is 1. The third-order valence-electron chi connectivity index (χ3n) is 4.47. The number of benzene rings is 1. The Kier molecular flexibility index (Phi) is 9.22. The highest BCUT2D eigenvalue weighted by Gasteiger charge is 2.22. The third-order valence-corrected chi connectivity index (χ3v) is 4.47. The van der Waals surface area contributed by atoms with E-state index in [1.807, 2.05) is 0 Å². The van der Waals surface area contributed by atoms with Gasteiger partial charge in [0, 0.05) is 32.1 Å². The lowest BCUT2D eigenvalue weighted by Crippen LogP contribution is -2.46. The van der Waals surface area contributed by atoms with Crippen LogP contribution in [0.4, 0.5) is 0 Å². The first kappa shape index (κ1) is 19.9. The summed E-state index contributed by atoms with van der Waals surface area (Å²) in [5.74, 6) is 0.0697. The molecule has 0 saturated carbocycles. The van der Waals surface area contributed by atoms with E-state index < -0.39 is 0 Å². The molecule has 1 aromatic carbocycles. The van der Waals surface area contributed by atoms with Gasteiger partial charge in [-0.3, -0.25) is 9.69 Å². The maximum atomic E-state index is 11.6. The SMILES string of the molecule is CCc1ccc(CN2CCCCC2CNC(=O)CCN)cc1.Cl. The highest BCUT2D eigenvalue weighted by Crippen LogP contribution is 2.19. The normalized spacial score (nSPS) is 18.3. The van der Waals surface area contributed by atoms with Crippen LogP contribution in [0.25, 0.3) is 0 Å². The lowest BCUT2D eigenvalue weighted by Gasteiger charge is -2.36. The zero-order chi connectivity index (χ0) is 15.8. The van der Waals surface area contributed by atoms with Crippen LogP contribution in [-0.4, -0.2) is 36.5 Å². The highest BCUT2D eigenvalue weighted by atomic mass is 35.5. The summed E-state index contributed by atoms with van der Waals surface area (Å²) < 4.78 is 0. The fourth-order valence-corrected chi connectivity index (χ4v) is 3.07. The lowest BCUT2D eigenvalue weighted by molar-refractivity contribution is -0.121. The van der Waals surface area contributed by atoms with Crippen molar-refractivity contribution in [1.29, 1.82) is 0 Å². The summed E-state index contributed by atoms with van der Waals surface area (Å²) in [5.41, 5.74) is 8.16. The Morgan fingerprint density at radius 1 is 1.26 bits per heavy atom. The number of aryl methyl sites for hydroxylation is 1. The molecule has 1 atom stereocenters. The molecule has 0 aromatic heterocycles. The summed E-state index contributed by atoms with van der Waals surface area (Å²) in [6, 6.07) is 9.35. The number of carbonyl (C=O) groups is 1. The molecule has 1 aliphatic rings. The van der Waals surface area contributed by atoms with E-state index in [-0.39, 0.29) is 18.3 Å². The molecule has 4 nitrogen and oxygen atoms in total. The Bertz CT molecular complexity index is 464. The Hall–Kier alpha value is -1.10. The van der Waals surface area contributed by atoms with E-state index in [2.05, 4.69) is 41.4 Å². The fourth-order valence-electron chi connectivity index (χ4n) is 3.07. The standard InChI is InChI=1S/C18H29N3O.ClH/c1-2-15-6-8-16(9-7-15)14-21-12-4-3-5-17(21)13-20-18(22)10-11-19;/h6-9,17H,2-5,10-14,19H2,1H3,(H,20,22);1H. The number of likely N-dealkylation sites (tertiary alicyclic amines) is 1. The Morgan fingerprint density at radius 2 is 1.96 bits per heavy atom. The largest absolute Gasteiger partial charge is 0.354 e. The monoisotopic (exact) mass is 339 g/mol. The van der Waals surface area contributed by atoms with Crippen molar-refractivity contribution in [3.63, 3.8) is 0 Å². The van der Waals surface area contributed by atoms with Crippen LogP contribution >= 0.6 is 12.4 Å². The maximum Gasteiger partial charge on any atom is 0.221 e. The topological polar surface area (TPSA) is 58.4 Å². The molecule has 0 spiro atoms. The second-order valence-corrected chi connectivity index (χ2v) is 6.13. The van der Waals surface area contributed by atoms with Crippen LogP contribution in [-0.2, 0) is 17.8 Å². The zero-order valence-corrected chi connectivity index (χ0v) is 14.9. The quantitative estimate of drug-likeness (QED) is 0.802. The first-order valence-corrected chi connectivity index (χ1v) is 8.51. The first-order chi connectivity index (χ1) is 10.7. The molecule has 1 fully saturated rings. The smallest absolute Gasteiger partial charge is 0.221 e. The van der Waals surface area contributed by atoms with Crippen LogP contribution in [0.5, 0.6) is 0 Å². The van der Waals surface area contributed by atoms with Crippen molar-refractivity contribution in [3.05, 3.63) is 35.4 Å². The van der Waals surface area contributed by atoms with E-state index in [9.17, 15) is 4.79 Å². The van der Waals surface area contributed by atoms with Gasteiger partial charge in [-0.15, -0.1) is 12.4 Å². The van der Waals surface area contributed by atoms with Crippen molar-refractivity contribution >= 4 is 18.3 Å².